The Morgan fingerprint density at radius 3 is 2.26 bits per heavy atom. The van der Waals surface area contributed by atoms with Crippen LogP contribution in [0.2, 0.25) is 0 Å². The molecule has 0 unspecified atom stereocenters. The highest BCUT2D eigenvalue weighted by atomic mass is 19.3. The van der Waals surface area contributed by atoms with Crippen molar-refractivity contribution >= 4 is 11.8 Å². The molecule has 0 radical (unpaired) electrons. The highest BCUT2D eigenvalue weighted by Crippen LogP contribution is 2.14. The Balaban J connectivity index is 1.73. The van der Waals surface area contributed by atoms with E-state index in [9.17, 15) is 18.4 Å². The Hall–Kier alpha value is -2.90. The molecule has 0 saturated carbocycles. The Kier molecular flexibility index (Phi) is 5.67. The van der Waals surface area contributed by atoms with Crippen LogP contribution in [0.1, 0.15) is 20.9 Å². The predicted molar refractivity (Wildman–Crippen MR) is 76.4 cm³/mol. The van der Waals surface area contributed by atoms with Crippen molar-refractivity contribution in [3.63, 3.8) is 0 Å². The molecule has 0 bridgehead atoms. The van der Waals surface area contributed by atoms with Gasteiger partial charge in [0, 0.05) is 18.7 Å². The lowest BCUT2D eigenvalue weighted by Gasteiger charge is -2.07. The molecule has 0 aliphatic heterocycles. The summed E-state index contributed by atoms with van der Waals surface area (Å²) in [6.45, 7) is -2.48. The van der Waals surface area contributed by atoms with Gasteiger partial charge in [0.25, 0.3) is 11.8 Å². The van der Waals surface area contributed by atoms with Gasteiger partial charge in [0.05, 0.1) is 6.26 Å². The van der Waals surface area contributed by atoms with Gasteiger partial charge in [-0.2, -0.15) is 8.78 Å². The van der Waals surface area contributed by atoms with Crippen LogP contribution in [0.15, 0.2) is 47.1 Å². The number of ether oxygens (including phenoxy) is 1. The Labute approximate surface area is 130 Å². The molecule has 6 nitrogen and oxygen atoms in total. The summed E-state index contributed by atoms with van der Waals surface area (Å²) >= 11 is 0. The van der Waals surface area contributed by atoms with Crippen molar-refractivity contribution in [3.05, 3.63) is 54.0 Å². The molecule has 0 aliphatic rings. The van der Waals surface area contributed by atoms with Gasteiger partial charge in [-0.3, -0.25) is 9.59 Å². The number of halogens is 2. The van der Waals surface area contributed by atoms with Gasteiger partial charge in [-0.1, -0.05) is 0 Å². The predicted octanol–water partition coefficient (Wildman–Crippen LogP) is 2.04. The highest BCUT2D eigenvalue weighted by Gasteiger charge is 2.09. The van der Waals surface area contributed by atoms with Gasteiger partial charge in [0.2, 0.25) is 0 Å². The first kappa shape index (κ1) is 16.5. The molecule has 8 heteroatoms. The van der Waals surface area contributed by atoms with Crippen LogP contribution in [0, 0.1) is 0 Å². The van der Waals surface area contributed by atoms with E-state index in [2.05, 4.69) is 15.4 Å². The van der Waals surface area contributed by atoms with Crippen LogP contribution in [-0.4, -0.2) is 31.5 Å². The van der Waals surface area contributed by atoms with Crippen molar-refractivity contribution < 1.29 is 27.5 Å². The summed E-state index contributed by atoms with van der Waals surface area (Å²) in [7, 11) is 0. The number of nitrogens with one attached hydrogen (secondary N) is 2. The lowest BCUT2D eigenvalue weighted by molar-refractivity contribution is -0.0498. The second kappa shape index (κ2) is 7.92. The average molecular weight is 324 g/mol. The van der Waals surface area contributed by atoms with Gasteiger partial charge in [0.1, 0.15) is 5.75 Å². The molecule has 0 atom stereocenters. The van der Waals surface area contributed by atoms with Crippen LogP contribution in [0.4, 0.5) is 8.78 Å². The second-order valence-corrected chi connectivity index (χ2v) is 4.39. The number of carbonyl (C=O) groups excluding carboxylic acids is 2. The first-order valence-corrected chi connectivity index (χ1v) is 6.71. The van der Waals surface area contributed by atoms with Crippen LogP contribution in [0.25, 0.3) is 0 Å². The Morgan fingerprint density at radius 2 is 1.70 bits per heavy atom. The molecular weight excluding hydrogens is 310 g/mol. The number of rotatable bonds is 7. The van der Waals surface area contributed by atoms with Gasteiger partial charge in [-0.05, 0) is 36.4 Å². The Bertz CT molecular complexity index is 642. The van der Waals surface area contributed by atoms with Crippen molar-refractivity contribution in [2.45, 2.75) is 6.61 Å². The monoisotopic (exact) mass is 324 g/mol. The fourth-order valence-corrected chi connectivity index (χ4v) is 1.74. The number of benzene rings is 1. The minimum absolute atomic E-state index is 0.0257. The lowest BCUT2D eigenvalue weighted by atomic mass is 10.2. The van der Waals surface area contributed by atoms with Crippen LogP contribution < -0.4 is 15.4 Å². The minimum Gasteiger partial charge on any atom is -0.459 e. The van der Waals surface area contributed by atoms with Crippen molar-refractivity contribution in [2.24, 2.45) is 0 Å². The number of carbonyl (C=O) groups is 2. The molecule has 0 aliphatic carbocycles. The summed E-state index contributed by atoms with van der Waals surface area (Å²) in [5, 5.41) is 5.16. The zero-order valence-electron chi connectivity index (χ0n) is 11.9. The highest BCUT2D eigenvalue weighted by molar-refractivity contribution is 5.94. The molecule has 2 aromatic rings. The van der Waals surface area contributed by atoms with Gasteiger partial charge in [-0.15, -0.1) is 0 Å². The van der Waals surface area contributed by atoms with E-state index in [0.717, 1.165) is 0 Å². The van der Waals surface area contributed by atoms with E-state index in [0.29, 0.717) is 5.56 Å². The van der Waals surface area contributed by atoms with E-state index in [1.165, 1.54) is 36.6 Å². The van der Waals surface area contributed by atoms with E-state index in [-0.39, 0.29) is 36.4 Å². The minimum atomic E-state index is -2.91. The molecular formula is C15H14F2N2O4. The summed E-state index contributed by atoms with van der Waals surface area (Å²) in [6.07, 6.45) is 1.39. The normalized spacial score (nSPS) is 10.4. The first-order valence-electron chi connectivity index (χ1n) is 6.71. The summed E-state index contributed by atoms with van der Waals surface area (Å²) in [4.78, 5) is 23.4. The van der Waals surface area contributed by atoms with Gasteiger partial charge < -0.3 is 19.8 Å². The van der Waals surface area contributed by atoms with E-state index in [1.54, 1.807) is 6.07 Å². The third-order valence-electron chi connectivity index (χ3n) is 2.78. The maximum Gasteiger partial charge on any atom is 0.387 e. The zero-order chi connectivity index (χ0) is 16.7. The van der Waals surface area contributed by atoms with Crippen LogP contribution in [-0.2, 0) is 0 Å². The number of amides is 2. The molecule has 0 saturated heterocycles. The average Bonchev–Trinajstić information content (AvgIpc) is 3.05. The van der Waals surface area contributed by atoms with Crippen LogP contribution in [0.3, 0.4) is 0 Å². The van der Waals surface area contributed by atoms with E-state index in [4.69, 9.17) is 4.42 Å². The van der Waals surface area contributed by atoms with E-state index < -0.39 is 6.61 Å². The molecule has 1 aromatic heterocycles. The third kappa shape index (κ3) is 5.10. The molecule has 2 rings (SSSR count). The largest absolute Gasteiger partial charge is 0.459 e. The molecule has 1 heterocycles. The molecule has 0 fully saturated rings. The van der Waals surface area contributed by atoms with Crippen LogP contribution >= 0.6 is 0 Å². The van der Waals surface area contributed by atoms with E-state index in [1.807, 2.05) is 0 Å². The quantitative estimate of drug-likeness (QED) is 0.764. The zero-order valence-corrected chi connectivity index (χ0v) is 11.9. The number of alkyl halides is 2. The Morgan fingerprint density at radius 1 is 1.04 bits per heavy atom. The van der Waals surface area contributed by atoms with Crippen molar-refractivity contribution in [1.29, 1.82) is 0 Å². The number of furan rings is 1. The maximum absolute atomic E-state index is 12.0. The lowest BCUT2D eigenvalue weighted by Crippen LogP contribution is -2.34. The second-order valence-electron chi connectivity index (χ2n) is 4.39. The standard InChI is InChI=1S/C15H14F2N2O4/c16-15(17)23-11-5-3-10(4-6-11)13(20)18-7-8-19-14(21)12-2-1-9-22-12/h1-6,9,15H,7-8H2,(H,18,20)(H,19,21). The summed E-state index contributed by atoms with van der Waals surface area (Å²) in [6, 6.07) is 8.41. The SMILES string of the molecule is O=C(NCCNC(=O)c1ccco1)c1ccc(OC(F)F)cc1. The van der Waals surface area contributed by atoms with E-state index >= 15 is 0 Å². The van der Waals surface area contributed by atoms with Gasteiger partial charge in [-0.25, -0.2) is 0 Å². The van der Waals surface area contributed by atoms with Gasteiger partial charge >= 0.3 is 6.61 Å². The summed E-state index contributed by atoms with van der Waals surface area (Å²) in [5.41, 5.74) is 0.295. The molecule has 2 amide bonds. The molecule has 122 valence electrons. The summed E-state index contributed by atoms with van der Waals surface area (Å²) in [5.74, 6) is -0.605. The smallest absolute Gasteiger partial charge is 0.387 e. The van der Waals surface area contributed by atoms with Crippen molar-refractivity contribution in [3.8, 4) is 5.75 Å². The molecule has 2 N–H and O–H groups in total. The number of hydrogen-bond acceptors (Lipinski definition) is 4. The van der Waals surface area contributed by atoms with Gasteiger partial charge in [0.15, 0.2) is 5.76 Å². The summed E-state index contributed by atoms with van der Waals surface area (Å²) < 4.78 is 33.1. The first-order chi connectivity index (χ1) is 11.1. The topological polar surface area (TPSA) is 80.6 Å². The van der Waals surface area contributed by atoms with Crippen molar-refractivity contribution in [2.75, 3.05) is 13.1 Å². The van der Waals surface area contributed by atoms with Crippen molar-refractivity contribution in [1.82, 2.24) is 10.6 Å². The third-order valence-corrected chi connectivity index (χ3v) is 2.78. The molecule has 23 heavy (non-hydrogen) atoms. The molecule has 0 spiro atoms. The maximum atomic E-state index is 12.0. The van der Waals surface area contributed by atoms with Crippen LogP contribution in [0.5, 0.6) is 5.75 Å². The number of hydrogen-bond donors (Lipinski definition) is 2. The fraction of sp³-hybridized carbons (Fsp3) is 0.200. The fourth-order valence-electron chi connectivity index (χ4n) is 1.74. The molecule has 1 aromatic carbocycles.